The maximum Gasteiger partial charge on any atom is 0.254 e. The van der Waals surface area contributed by atoms with Crippen LogP contribution >= 0.6 is 10.8 Å². The molecule has 7 nitrogen and oxygen atoms in total. The van der Waals surface area contributed by atoms with Crippen LogP contribution in [0.5, 0.6) is 0 Å². The molecule has 3 aromatic carbocycles. The number of aromatic nitrogens is 1. The molecule has 0 spiro atoms. The van der Waals surface area contributed by atoms with Gasteiger partial charge >= 0.3 is 0 Å². The molecule has 0 radical (unpaired) electrons. The summed E-state index contributed by atoms with van der Waals surface area (Å²) in [6.45, 7) is 2.25. The third-order valence-corrected chi connectivity index (χ3v) is 7.58. The Morgan fingerprint density at radius 1 is 1.00 bits per heavy atom. The van der Waals surface area contributed by atoms with E-state index in [1.54, 1.807) is 54.4 Å². The molecule has 4 N–H and O–H groups in total. The van der Waals surface area contributed by atoms with Gasteiger partial charge in [0.05, 0.1) is 24.3 Å². The van der Waals surface area contributed by atoms with E-state index in [1.807, 2.05) is 42.5 Å². The molecule has 0 aliphatic carbocycles. The SMILES string of the molecule is Cc1cc(C(=O)N2CC(O)(c3ccccc3)C2)ccc1NS(O)(O)c1cccc2cccnc12. The molecule has 5 rings (SSSR count). The Morgan fingerprint density at radius 3 is 2.47 bits per heavy atom. The summed E-state index contributed by atoms with van der Waals surface area (Å²) in [6.07, 6.45) is 1.61. The van der Waals surface area contributed by atoms with E-state index in [4.69, 9.17) is 0 Å². The van der Waals surface area contributed by atoms with Crippen molar-refractivity contribution >= 4 is 33.3 Å². The van der Waals surface area contributed by atoms with E-state index in [9.17, 15) is 19.0 Å². The van der Waals surface area contributed by atoms with Crippen LogP contribution < -0.4 is 4.72 Å². The number of pyridine rings is 1. The van der Waals surface area contributed by atoms with Gasteiger partial charge in [-0.15, -0.1) is 0 Å². The highest BCUT2D eigenvalue weighted by atomic mass is 32.3. The van der Waals surface area contributed by atoms with Crippen molar-refractivity contribution in [3.63, 3.8) is 0 Å². The van der Waals surface area contributed by atoms with Crippen LogP contribution in [0.15, 0.2) is 90.0 Å². The first-order valence-electron chi connectivity index (χ1n) is 10.8. The number of aryl methyl sites for hydroxylation is 1. The molecule has 0 saturated carbocycles. The van der Waals surface area contributed by atoms with Crippen molar-refractivity contribution in [2.24, 2.45) is 0 Å². The molecule has 0 unspecified atom stereocenters. The van der Waals surface area contributed by atoms with Gasteiger partial charge in [-0.25, -0.2) is 0 Å². The molecule has 0 bridgehead atoms. The summed E-state index contributed by atoms with van der Waals surface area (Å²) in [7, 11) is -3.39. The van der Waals surface area contributed by atoms with Crippen LogP contribution in [0.2, 0.25) is 0 Å². The minimum atomic E-state index is -3.39. The van der Waals surface area contributed by atoms with Crippen molar-refractivity contribution in [1.82, 2.24) is 9.88 Å². The first-order chi connectivity index (χ1) is 16.3. The van der Waals surface area contributed by atoms with Gasteiger partial charge < -0.3 is 10.0 Å². The molecule has 1 aliphatic rings. The molecule has 1 fully saturated rings. The van der Waals surface area contributed by atoms with Crippen LogP contribution in [0.3, 0.4) is 0 Å². The van der Waals surface area contributed by atoms with Gasteiger partial charge in [-0.3, -0.25) is 23.6 Å². The third kappa shape index (κ3) is 4.01. The lowest BCUT2D eigenvalue weighted by molar-refractivity contribution is -0.0863. The van der Waals surface area contributed by atoms with E-state index in [0.717, 1.165) is 10.9 Å². The Labute approximate surface area is 199 Å². The maximum atomic E-state index is 13.0. The Kier molecular flexibility index (Phi) is 5.53. The number of anilines is 1. The maximum absolute atomic E-state index is 13.0. The fraction of sp³-hybridized carbons (Fsp3) is 0.154. The van der Waals surface area contributed by atoms with Crippen molar-refractivity contribution in [1.29, 1.82) is 0 Å². The number of likely N-dealkylation sites (tertiary alicyclic amines) is 1. The van der Waals surface area contributed by atoms with Crippen LogP contribution in [-0.4, -0.2) is 43.1 Å². The average Bonchev–Trinajstić information content (AvgIpc) is 2.83. The molecule has 8 heteroatoms. The first kappa shape index (κ1) is 22.4. The van der Waals surface area contributed by atoms with Gasteiger partial charge in [-0.05, 0) is 48.4 Å². The van der Waals surface area contributed by atoms with Crippen molar-refractivity contribution in [3.05, 3.63) is 102 Å². The second-order valence-electron chi connectivity index (χ2n) is 8.57. The highest BCUT2D eigenvalue weighted by Crippen LogP contribution is 2.50. The van der Waals surface area contributed by atoms with Crippen LogP contribution in [0.4, 0.5) is 5.69 Å². The Balaban J connectivity index is 1.33. The number of carbonyl (C=O) groups is 1. The molecular formula is C26H25N3O4S. The number of hydrogen-bond acceptors (Lipinski definition) is 6. The lowest BCUT2D eigenvalue weighted by Gasteiger charge is -2.46. The van der Waals surface area contributed by atoms with Gasteiger partial charge in [0.1, 0.15) is 10.5 Å². The fourth-order valence-electron chi connectivity index (χ4n) is 4.27. The summed E-state index contributed by atoms with van der Waals surface area (Å²) in [4.78, 5) is 19.2. The standard InChI is InChI=1S/C26H25N3O4S/c1-18-15-20(25(30)29-16-26(31,17-29)21-9-3-2-4-10-21)12-13-22(18)28-34(32,33)23-11-5-7-19-8-6-14-27-24(19)23/h2-15,28,31-33H,16-17H2,1H3. The fourth-order valence-corrected chi connectivity index (χ4v) is 5.62. The van der Waals surface area contributed by atoms with E-state index in [1.165, 1.54) is 0 Å². The number of fused-ring (bicyclic) bond motifs is 1. The molecule has 174 valence electrons. The summed E-state index contributed by atoms with van der Waals surface area (Å²) < 4.78 is 24.7. The van der Waals surface area contributed by atoms with Crippen molar-refractivity contribution in [3.8, 4) is 0 Å². The number of nitrogens with zero attached hydrogens (tertiary/aromatic N) is 2. The number of amides is 1. The normalized spacial score (nSPS) is 15.6. The van der Waals surface area contributed by atoms with Gasteiger partial charge in [-0.1, -0.05) is 59.3 Å². The van der Waals surface area contributed by atoms with E-state index < -0.39 is 16.4 Å². The largest absolute Gasteiger partial charge is 0.381 e. The molecule has 1 aliphatic heterocycles. The molecule has 1 aromatic heterocycles. The van der Waals surface area contributed by atoms with Crippen molar-refractivity contribution in [2.75, 3.05) is 17.8 Å². The van der Waals surface area contributed by atoms with E-state index in [0.29, 0.717) is 27.2 Å². The summed E-state index contributed by atoms with van der Waals surface area (Å²) in [5, 5.41) is 11.6. The van der Waals surface area contributed by atoms with Gasteiger partial charge in [0.2, 0.25) is 0 Å². The first-order valence-corrected chi connectivity index (χ1v) is 12.4. The molecular weight excluding hydrogens is 450 g/mol. The zero-order valence-electron chi connectivity index (χ0n) is 18.5. The Hall–Kier alpha value is -3.43. The topological polar surface area (TPSA) is 106 Å². The molecule has 34 heavy (non-hydrogen) atoms. The summed E-state index contributed by atoms with van der Waals surface area (Å²) in [6, 6.07) is 23.3. The summed E-state index contributed by atoms with van der Waals surface area (Å²) in [5.74, 6) is -0.180. The minimum Gasteiger partial charge on any atom is -0.381 e. The molecule has 2 heterocycles. The number of para-hydroxylation sites is 1. The van der Waals surface area contributed by atoms with E-state index >= 15 is 0 Å². The van der Waals surface area contributed by atoms with Crippen LogP contribution in [-0.2, 0) is 5.60 Å². The number of benzene rings is 3. The van der Waals surface area contributed by atoms with Crippen LogP contribution in [0.25, 0.3) is 10.9 Å². The number of aliphatic hydroxyl groups is 1. The number of nitrogens with one attached hydrogen (secondary N) is 1. The second-order valence-corrected chi connectivity index (χ2v) is 10.3. The Morgan fingerprint density at radius 2 is 1.74 bits per heavy atom. The number of β-amino-alcohol motifs (C(OH)–C–C–N with tert-alkyl or cyclic N) is 1. The zero-order valence-corrected chi connectivity index (χ0v) is 19.4. The highest BCUT2D eigenvalue weighted by Gasteiger charge is 2.45. The van der Waals surface area contributed by atoms with Crippen molar-refractivity contribution < 1.29 is 19.0 Å². The molecule has 1 amide bonds. The molecule has 0 atom stereocenters. The third-order valence-electron chi connectivity index (χ3n) is 6.13. The van der Waals surface area contributed by atoms with Gasteiger partial charge in [0.15, 0.2) is 0 Å². The number of rotatable bonds is 5. The quantitative estimate of drug-likeness (QED) is 0.323. The molecule has 1 saturated heterocycles. The lowest BCUT2D eigenvalue weighted by atomic mass is 9.85. The van der Waals surface area contributed by atoms with E-state index in [2.05, 4.69) is 9.71 Å². The second kappa shape index (κ2) is 8.41. The Bertz CT molecular complexity index is 1370. The van der Waals surface area contributed by atoms with Gasteiger partial charge in [0.25, 0.3) is 5.91 Å². The lowest BCUT2D eigenvalue weighted by Crippen LogP contribution is -2.61. The minimum absolute atomic E-state index is 0.180. The van der Waals surface area contributed by atoms with Gasteiger partial charge in [-0.2, -0.15) is 0 Å². The summed E-state index contributed by atoms with van der Waals surface area (Å²) >= 11 is 0. The molecule has 4 aromatic rings. The van der Waals surface area contributed by atoms with Crippen molar-refractivity contribution in [2.45, 2.75) is 17.4 Å². The summed E-state index contributed by atoms with van der Waals surface area (Å²) in [5.41, 5.74) is 1.96. The smallest absolute Gasteiger partial charge is 0.254 e. The monoisotopic (exact) mass is 475 g/mol. The zero-order chi connectivity index (χ0) is 23.9. The predicted octanol–water partition coefficient (Wildman–Crippen LogP) is 5.02. The highest BCUT2D eigenvalue weighted by molar-refractivity contribution is 8.25. The average molecular weight is 476 g/mol. The van der Waals surface area contributed by atoms with Crippen LogP contribution in [0.1, 0.15) is 21.5 Å². The number of hydrogen-bond donors (Lipinski definition) is 4. The van der Waals surface area contributed by atoms with E-state index in [-0.39, 0.29) is 19.0 Å². The van der Waals surface area contributed by atoms with Gasteiger partial charge in [0, 0.05) is 17.1 Å². The number of carbonyl (C=O) groups excluding carboxylic acids is 1. The van der Waals surface area contributed by atoms with Crippen LogP contribution in [0, 0.1) is 6.92 Å². The predicted molar refractivity (Wildman–Crippen MR) is 134 cm³/mol.